The maximum Gasteiger partial charge on any atom is 0.248 e. The van der Waals surface area contributed by atoms with Gasteiger partial charge in [0.05, 0.1) is 11.4 Å². The molecule has 2 aromatic carbocycles. The van der Waals surface area contributed by atoms with Crippen LogP contribution in [-0.4, -0.2) is 42.9 Å². The molecule has 1 N–H and O–H groups in total. The molecule has 0 spiro atoms. The zero-order valence-corrected chi connectivity index (χ0v) is 16.5. The first-order valence-corrected chi connectivity index (χ1v) is 9.71. The smallest absolute Gasteiger partial charge is 0.248 e. The molecule has 0 bridgehead atoms. The molecule has 2 amide bonds. The van der Waals surface area contributed by atoms with Crippen molar-refractivity contribution in [2.24, 2.45) is 5.92 Å². The van der Waals surface area contributed by atoms with Gasteiger partial charge in [0.15, 0.2) is 0 Å². The molecule has 5 nitrogen and oxygen atoms in total. The minimum atomic E-state index is -0.162. The van der Waals surface area contributed by atoms with Crippen molar-refractivity contribution in [3.63, 3.8) is 0 Å². The van der Waals surface area contributed by atoms with Crippen molar-refractivity contribution in [3.8, 4) is 0 Å². The van der Waals surface area contributed by atoms with Crippen molar-refractivity contribution in [1.29, 1.82) is 0 Å². The Hall–Kier alpha value is -3.08. The van der Waals surface area contributed by atoms with Crippen LogP contribution in [-0.2, 0) is 9.59 Å². The van der Waals surface area contributed by atoms with Gasteiger partial charge in [-0.1, -0.05) is 56.3 Å². The van der Waals surface area contributed by atoms with Crippen molar-refractivity contribution in [1.82, 2.24) is 4.90 Å². The fourth-order valence-corrected chi connectivity index (χ4v) is 3.30. The summed E-state index contributed by atoms with van der Waals surface area (Å²) in [5.74, 6) is 0.0618. The van der Waals surface area contributed by atoms with E-state index >= 15 is 0 Å². The molecule has 0 unspecified atom stereocenters. The molecular formula is C23H27N3O2. The number of carbonyl (C=O) groups excluding carboxylic acids is 2. The first-order valence-electron chi connectivity index (χ1n) is 9.71. The third-order valence-corrected chi connectivity index (χ3v) is 4.81. The van der Waals surface area contributed by atoms with Crippen LogP contribution in [0.4, 0.5) is 11.4 Å². The molecule has 28 heavy (non-hydrogen) atoms. The highest BCUT2D eigenvalue weighted by atomic mass is 16.2. The molecule has 1 saturated heterocycles. The zero-order chi connectivity index (χ0) is 19.9. The lowest BCUT2D eigenvalue weighted by Gasteiger charge is -2.37. The molecule has 3 rings (SSSR count). The van der Waals surface area contributed by atoms with E-state index in [1.54, 1.807) is 12.2 Å². The zero-order valence-electron chi connectivity index (χ0n) is 16.5. The van der Waals surface area contributed by atoms with E-state index in [1.807, 2.05) is 73.3 Å². The standard InChI is InChI=1S/C23H27N3O2/c1-18(2)23(28)26-16-14-25(15-17-26)21-11-7-6-10-20(21)24-22(27)13-12-19-8-4-3-5-9-19/h3-13,18H,14-17H2,1-2H3,(H,24,27)/b13-12+. The molecule has 1 aliphatic heterocycles. The van der Waals surface area contributed by atoms with Crippen molar-refractivity contribution < 1.29 is 9.59 Å². The number of nitrogens with zero attached hydrogens (tertiary/aromatic N) is 2. The van der Waals surface area contributed by atoms with Crippen LogP contribution in [0.5, 0.6) is 0 Å². The van der Waals surface area contributed by atoms with Crippen LogP contribution in [0.15, 0.2) is 60.7 Å². The van der Waals surface area contributed by atoms with Crippen molar-refractivity contribution in [2.45, 2.75) is 13.8 Å². The molecule has 0 saturated carbocycles. The molecule has 0 aromatic heterocycles. The van der Waals surface area contributed by atoms with Gasteiger partial charge in [0.25, 0.3) is 0 Å². The first-order chi connectivity index (χ1) is 13.5. The monoisotopic (exact) mass is 377 g/mol. The Balaban J connectivity index is 1.64. The number of para-hydroxylation sites is 2. The van der Waals surface area contributed by atoms with Gasteiger partial charge >= 0.3 is 0 Å². The van der Waals surface area contributed by atoms with E-state index in [0.29, 0.717) is 13.1 Å². The van der Waals surface area contributed by atoms with Gasteiger partial charge in [0, 0.05) is 38.2 Å². The maximum atomic E-state index is 12.4. The second kappa shape index (κ2) is 9.22. The summed E-state index contributed by atoms with van der Waals surface area (Å²) in [6.45, 7) is 6.78. The third-order valence-electron chi connectivity index (χ3n) is 4.81. The predicted molar refractivity (Wildman–Crippen MR) is 114 cm³/mol. The molecule has 1 fully saturated rings. The molecule has 0 atom stereocenters. The average Bonchev–Trinajstić information content (AvgIpc) is 2.73. The predicted octanol–water partition coefficient (Wildman–Crippen LogP) is 3.64. The topological polar surface area (TPSA) is 52.7 Å². The molecule has 0 aliphatic carbocycles. The maximum absolute atomic E-state index is 12.4. The Morgan fingerprint density at radius 3 is 2.25 bits per heavy atom. The van der Waals surface area contributed by atoms with Gasteiger partial charge in [-0.3, -0.25) is 9.59 Å². The summed E-state index contributed by atoms with van der Waals surface area (Å²) in [6.07, 6.45) is 3.35. The number of hydrogen-bond acceptors (Lipinski definition) is 3. The average molecular weight is 377 g/mol. The normalized spacial score (nSPS) is 14.5. The highest BCUT2D eigenvalue weighted by Crippen LogP contribution is 2.27. The summed E-state index contributed by atoms with van der Waals surface area (Å²) >= 11 is 0. The quantitative estimate of drug-likeness (QED) is 0.810. The second-order valence-electron chi connectivity index (χ2n) is 7.22. The van der Waals surface area contributed by atoms with Crippen molar-refractivity contribution in [2.75, 3.05) is 36.4 Å². The summed E-state index contributed by atoms with van der Waals surface area (Å²) in [5, 5.41) is 2.98. The number of carbonyl (C=O) groups is 2. The van der Waals surface area contributed by atoms with Gasteiger partial charge in [0.1, 0.15) is 0 Å². The van der Waals surface area contributed by atoms with Crippen molar-refractivity contribution >= 4 is 29.3 Å². The Kier molecular flexibility index (Phi) is 6.48. The number of amides is 2. The molecular weight excluding hydrogens is 350 g/mol. The highest BCUT2D eigenvalue weighted by Gasteiger charge is 2.24. The van der Waals surface area contributed by atoms with E-state index in [9.17, 15) is 9.59 Å². The molecule has 146 valence electrons. The van der Waals surface area contributed by atoms with Crippen LogP contribution in [0, 0.1) is 5.92 Å². The SMILES string of the molecule is CC(C)C(=O)N1CCN(c2ccccc2NC(=O)/C=C/c2ccccc2)CC1. The number of hydrogen-bond donors (Lipinski definition) is 1. The fraction of sp³-hybridized carbons (Fsp3) is 0.304. The number of benzene rings is 2. The number of piperazine rings is 1. The van der Waals surface area contributed by atoms with Gasteiger partial charge < -0.3 is 15.1 Å². The Morgan fingerprint density at radius 1 is 0.929 bits per heavy atom. The summed E-state index contributed by atoms with van der Waals surface area (Å²) in [6, 6.07) is 17.5. The summed E-state index contributed by atoms with van der Waals surface area (Å²) in [7, 11) is 0. The Morgan fingerprint density at radius 2 is 1.57 bits per heavy atom. The van der Waals surface area contributed by atoms with Gasteiger partial charge in [-0.05, 0) is 23.8 Å². The van der Waals surface area contributed by atoms with E-state index in [2.05, 4.69) is 10.2 Å². The minimum absolute atomic E-state index is 0.0227. The lowest BCUT2D eigenvalue weighted by molar-refractivity contribution is -0.134. The molecule has 1 heterocycles. The van der Waals surface area contributed by atoms with E-state index in [1.165, 1.54) is 0 Å². The Labute approximate surface area is 166 Å². The van der Waals surface area contributed by atoms with Crippen LogP contribution in [0.1, 0.15) is 19.4 Å². The molecule has 1 aliphatic rings. The van der Waals surface area contributed by atoms with Crippen LogP contribution in [0.25, 0.3) is 6.08 Å². The summed E-state index contributed by atoms with van der Waals surface area (Å²) in [4.78, 5) is 28.7. The number of nitrogens with one attached hydrogen (secondary N) is 1. The molecule has 5 heteroatoms. The first kappa shape index (κ1) is 19.7. The minimum Gasteiger partial charge on any atom is -0.366 e. The third kappa shape index (κ3) is 5.00. The highest BCUT2D eigenvalue weighted by molar-refractivity contribution is 6.03. The van der Waals surface area contributed by atoms with Gasteiger partial charge in [-0.2, -0.15) is 0 Å². The summed E-state index contributed by atoms with van der Waals surface area (Å²) in [5.41, 5.74) is 2.76. The summed E-state index contributed by atoms with van der Waals surface area (Å²) < 4.78 is 0. The van der Waals surface area contributed by atoms with Gasteiger partial charge in [-0.25, -0.2) is 0 Å². The van der Waals surface area contributed by atoms with E-state index in [-0.39, 0.29) is 17.7 Å². The van der Waals surface area contributed by atoms with Crippen LogP contribution < -0.4 is 10.2 Å². The Bertz CT molecular complexity index is 838. The largest absolute Gasteiger partial charge is 0.366 e. The van der Waals surface area contributed by atoms with Gasteiger partial charge in [0.2, 0.25) is 11.8 Å². The van der Waals surface area contributed by atoms with E-state index in [0.717, 1.165) is 30.0 Å². The molecule has 0 radical (unpaired) electrons. The lowest BCUT2D eigenvalue weighted by atomic mass is 10.1. The second-order valence-corrected chi connectivity index (χ2v) is 7.22. The van der Waals surface area contributed by atoms with Gasteiger partial charge in [-0.15, -0.1) is 0 Å². The number of anilines is 2. The van der Waals surface area contributed by atoms with Crippen molar-refractivity contribution in [3.05, 3.63) is 66.2 Å². The fourth-order valence-electron chi connectivity index (χ4n) is 3.30. The van der Waals surface area contributed by atoms with E-state index in [4.69, 9.17) is 0 Å². The van der Waals surface area contributed by atoms with Crippen LogP contribution in [0.3, 0.4) is 0 Å². The van der Waals surface area contributed by atoms with Crippen LogP contribution >= 0.6 is 0 Å². The lowest BCUT2D eigenvalue weighted by Crippen LogP contribution is -2.50. The number of rotatable bonds is 5. The molecule has 2 aromatic rings. The van der Waals surface area contributed by atoms with E-state index < -0.39 is 0 Å². The van der Waals surface area contributed by atoms with Crippen LogP contribution in [0.2, 0.25) is 0 Å².